The van der Waals surface area contributed by atoms with Crippen LogP contribution in [0.25, 0.3) is 0 Å². The number of rotatable bonds is 20. The van der Waals surface area contributed by atoms with E-state index in [9.17, 15) is 29.5 Å². The maximum Gasteiger partial charge on any atom is 0.329 e. The van der Waals surface area contributed by atoms with Gasteiger partial charge in [-0.2, -0.15) is 0 Å². The first-order valence-corrected chi connectivity index (χ1v) is 19.4. The van der Waals surface area contributed by atoms with Gasteiger partial charge in [-0.15, -0.1) is 4.91 Å². The number of hydrogen-bond donors (Lipinski definition) is 3. The maximum absolute atomic E-state index is 14.0. The van der Waals surface area contributed by atoms with E-state index in [0.717, 1.165) is 18.4 Å². The number of ether oxygens (including phenoxy) is 5. The van der Waals surface area contributed by atoms with Gasteiger partial charge in [0.2, 0.25) is 5.91 Å². The number of aliphatic hydroxyl groups excluding tert-OH is 2. The fourth-order valence-corrected chi connectivity index (χ4v) is 6.68. The number of nitrogens with one attached hydrogen (secondary N) is 1. The summed E-state index contributed by atoms with van der Waals surface area (Å²) in [5.41, 5.74) is 1.76. The number of nitrogens with zero attached hydrogens (tertiary/aromatic N) is 2. The minimum absolute atomic E-state index is 0.0329. The first-order chi connectivity index (χ1) is 27.3. The van der Waals surface area contributed by atoms with Crippen molar-refractivity contribution in [1.82, 2.24) is 4.90 Å². The van der Waals surface area contributed by atoms with E-state index in [1.807, 2.05) is 45.0 Å². The van der Waals surface area contributed by atoms with Gasteiger partial charge in [0.15, 0.2) is 23.0 Å². The number of anilines is 1. The number of aliphatic hydroxyl groups is 2. The molecule has 3 N–H and O–H groups in total. The smallest absolute Gasteiger partial charge is 0.329 e. The highest BCUT2D eigenvalue weighted by Crippen LogP contribution is 2.38. The standard InChI is InChI=1S/C43H57N3O11/c1-8-43(3,4)40(49)41(50)46-21-10-9-15-33(46)42(51)57-34(19-17-28-18-20-35(53-5)36(23-28)54-6)29-13-11-14-30(24-29)44-39(48)16-12-22-56-38-26-32(45-52)31(27(2)47)25-37(38)55-7/h11,13-14,18,20,23-27,33-34,40,47,49H,8-10,12,15-17,19,21-22H2,1-7H3,(H,44,48). The van der Waals surface area contributed by atoms with Crippen molar-refractivity contribution < 1.29 is 48.3 Å². The quantitative estimate of drug-likeness (QED) is 0.0591. The molecule has 2 amide bonds. The highest BCUT2D eigenvalue weighted by molar-refractivity contribution is 5.91. The number of likely N-dealkylation sites (tertiary alicyclic amines) is 1. The summed E-state index contributed by atoms with van der Waals surface area (Å²) in [6.07, 6.45) is 0.846. The van der Waals surface area contributed by atoms with E-state index in [4.69, 9.17) is 23.7 Å². The minimum Gasteiger partial charge on any atom is -0.493 e. The first-order valence-electron chi connectivity index (χ1n) is 19.4. The molecule has 4 rings (SSSR count). The fraction of sp³-hybridized carbons (Fsp3) is 0.512. The Hall–Kier alpha value is -5.21. The van der Waals surface area contributed by atoms with Crippen LogP contribution >= 0.6 is 0 Å². The van der Waals surface area contributed by atoms with Gasteiger partial charge in [0.05, 0.1) is 34.0 Å². The molecule has 1 aliphatic rings. The van der Waals surface area contributed by atoms with Crippen molar-refractivity contribution in [2.24, 2.45) is 10.6 Å². The number of piperidine rings is 1. The molecule has 0 bridgehead atoms. The largest absolute Gasteiger partial charge is 0.493 e. The highest BCUT2D eigenvalue weighted by Gasteiger charge is 2.41. The Labute approximate surface area is 334 Å². The molecule has 14 nitrogen and oxygen atoms in total. The van der Waals surface area contributed by atoms with E-state index < -0.39 is 41.6 Å². The molecule has 3 aromatic carbocycles. The zero-order valence-electron chi connectivity index (χ0n) is 34.0. The van der Waals surface area contributed by atoms with Crippen molar-refractivity contribution in [3.05, 3.63) is 76.2 Å². The zero-order chi connectivity index (χ0) is 41.7. The molecule has 1 heterocycles. The predicted molar refractivity (Wildman–Crippen MR) is 215 cm³/mol. The Kier molecular flexibility index (Phi) is 16.2. The van der Waals surface area contributed by atoms with E-state index in [2.05, 4.69) is 10.5 Å². The fourth-order valence-electron chi connectivity index (χ4n) is 6.68. The molecule has 0 saturated carbocycles. The summed E-state index contributed by atoms with van der Waals surface area (Å²) in [7, 11) is 4.57. The van der Waals surface area contributed by atoms with Crippen LogP contribution in [0.15, 0.2) is 59.8 Å². The molecule has 1 fully saturated rings. The highest BCUT2D eigenvalue weighted by atomic mass is 16.5. The van der Waals surface area contributed by atoms with Crippen LogP contribution < -0.4 is 24.3 Å². The average molecular weight is 792 g/mol. The molecule has 1 saturated heterocycles. The van der Waals surface area contributed by atoms with Crippen LogP contribution in [0.3, 0.4) is 0 Å². The van der Waals surface area contributed by atoms with Crippen molar-refractivity contribution in [3.63, 3.8) is 0 Å². The van der Waals surface area contributed by atoms with Crippen LogP contribution in [-0.4, -0.2) is 79.5 Å². The van der Waals surface area contributed by atoms with Gasteiger partial charge < -0.3 is 44.1 Å². The summed E-state index contributed by atoms with van der Waals surface area (Å²) in [6.45, 7) is 7.57. The van der Waals surface area contributed by atoms with E-state index in [1.165, 1.54) is 31.1 Å². The zero-order valence-corrected chi connectivity index (χ0v) is 34.0. The van der Waals surface area contributed by atoms with Crippen LogP contribution in [0.4, 0.5) is 11.4 Å². The molecule has 14 heteroatoms. The van der Waals surface area contributed by atoms with Crippen molar-refractivity contribution in [2.45, 2.75) is 103 Å². The first kappa shape index (κ1) is 44.5. The van der Waals surface area contributed by atoms with Crippen molar-refractivity contribution in [1.29, 1.82) is 0 Å². The SMILES string of the molecule is CCC(C)(C)C(O)C(=O)N1CCCCC1C(=O)OC(CCc1ccc(OC)c(OC)c1)c1cccc(NC(=O)CCCOc2cc(N=O)c(C(C)O)cc2OC)c1. The van der Waals surface area contributed by atoms with E-state index in [1.54, 1.807) is 32.4 Å². The normalized spacial score (nSPS) is 15.8. The lowest BCUT2D eigenvalue weighted by Crippen LogP contribution is -2.54. The second kappa shape index (κ2) is 20.8. The average Bonchev–Trinajstić information content (AvgIpc) is 3.22. The van der Waals surface area contributed by atoms with Gasteiger partial charge in [-0.1, -0.05) is 39.0 Å². The molecule has 4 atom stereocenters. The Bertz CT molecular complexity index is 1850. The Morgan fingerprint density at radius 3 is 2.33 bits per heavy atom. The number of carbonyl (C=O) groups is 3. The van der Waals surface area contributed by atoms with Gasteiger partial charge in [0.25, 0.3) is 5.91 Å². The third-order valence-corrected chi connectivity index (χ3v) is 10.6. The number of aryl methyl sites for hydroxylation is 1. The van der Waals surface area contributed by atoms with Gasteiger partial charge >= 0.3 is 5.97 Å². The third-order valence-electron chi connectivity index (χ3n) is 10.6. The molecule has 4 unspecified atom stereocenters. The third kappa shape index (κ3) is 11.7. The lowest BCUT2D eigenvalue weighted by atomic mass is 9.82. The molecule has 310 valence electrons. The second-order valence-corrected chi connectivity index (χ2v) is 14.9. The second-order valence-electron chi connectivity index (χ2n) is 14.9. The number of carbonyl (C=O) groups excluding carboxylic acids is 3. The summed E-state index contributed by atoms with van der Waals surface area (Å²) in [6, 6.07) is 14.7. The summed E-state index contributed by atoms with van der Waals surface area (Å²) < 4.78 is 28.3. The van der Waals surface area contributed by atoms with Gasteiger partial charge in [-0.3, -0.25) is 9.59 Å². The van der Waals surface area contributed by atoms with Crippen LogP contribution in [0.5, 0.6) is 23.0 Å². The number of amides is 2. The van der Waals surface area contributed by atoms with Gasteiger partial charge in [0.1, 0.15) is 23.9 Å². The molecule has 0 aromatic heterocycles. The predicted octanol–water partition coefficient (Wildman–Crippen LogP) is 7.36. The molecule has 1 aliphatic heterocycles. The number of hydrogen-bond acceptors (Lipinski definition) is 12. The molecule has 0 aliphatic carbocycles. The van der Waals surface area contributed by atoms with Gasteiger partial charge in [-0.05, 0) is 104 Å². The molecule has 57 heavy (non-hydrogen) atoms. The minimum atomic E-state index is -1.26. The Morgan fingerprint density at radius 2 is 1.67 bits per heavy atom. The molecular weight excluding hydrogens is 734 g/mol. The molecule has 3 aromatic rings. The van der Waals surface area contributed by atoms with Crippen LogP contribution in [0.1, 0.15) is 102 Å². The number of methoxy groups -OCH3 is 3. The van der Waals surface area contributed by atoms with E-state index >= 15 is 0 Å². The van der Waals surface area contributed by atoms with Gasteiger partial charge in [0, 0.05) is 30.3 Å². The number of esters is 1. The lowest BCUT2D eigenvalue weighted by Gasteiger charge is -2.39. The lowest BCUT2D eigenvalue weighted by molar-refractivity contribution is -0.167. The summed E-state index contributed by atoms with van der Waals surface area (Å²) in [5.74, 6) is 0.443. The van der Waals surface area contributed by atoms with Crippen LogP contribution in [0, 0.1) is 10.3 Å². The van der Waals surface area contributed by atoms with Crippen molar-refractivity contribution in [3.8, 4) is 23.0 Å². The molecule has 0 radical (unpaired) electrons. The topological polar surface area (TPSA) is 183 Å². The maximum atomic E-state index is 14.0. The van der Waals surface area contributed by atoms with Crippen molar-refractivity contribution in [2.75, 3.05) is 39.8 Å². The summed E-state index contributed by atoms with van der Waals surface area (Å²) in [5, 5.41) is 26.9. The molecule has 0 spiro atoms. The Balaban J connectivity index is 1.49. The van der Waals surface area contributed by atoms with E-state index in [0.29, 0.717) is 72.7 Å². The summed E-state index contributed by atoms with van der Waals surface area (Å²) in [4.78, 5) is 53.5. The van der Waals surface area contributed by atoms with E-state index in [-0.39, 0.29) is 30.4 Å². The molecular formula is C43H57N3O11. The Morgan fingerprint density at radius 1 is 0.947 bits per heavy atom. The number of benzene rings is 3. The monoisotopic (exact) mass is 791 g/mol. The van der Waals surface area contributed by atoms with Crippen LogP contribution in [0.2, 0.25) is 0 Å². The van der Waals surface area contributed by atoms with Gasteiger partial charge in [-0.25, -0.2) is 4.79 Å². The summed E-state index contributed by atoms with van der Waals surface area (Å²) >= 11 is 0. The number of nitroso groups, excluding NO2 is 1. The van der Waals surface area contributed by atoms with Crippen molar-refractivity contribution >= 4 is 29.2 Å². The van der Waals surface area contributed by atoms with Crippen LogP contribution in [-0.2, 0) is 25.5 Å².